The minimum absolute atomic E-state index is 0.311. The quantitative estimate of drug-likeness (QED) is 0.685. The Labute approximate surface area is 164 Å². The van der Waals surface area contributed by atoms with Crippen molar-refractivity contribution in [1.82, 2.24) is 10.2 Å². The van der Waals surface area contributed by atoms with E-state index >= 15 is 0 Å². The Kier molecular flexibility index (Phi) is 6.04. The van der Waals surface area contributed by atoms with Gasteiger partial charge in [-0.3, -0.25) is 4.90 Å². The van der Waals surface area contributed by atoms with Crippen LogP contribution in [0.4, 0.5) is 13.2 Å². The first-order valence-corrected chi connectivity index (χ1v) is 9.17. The minimum atomic E-state index is -4.52. The maximum Gasteiger partial charge on any atom is 0.417 e. The molecule has 1 aliphatic heterocycles. The predicted molar refractivity (Wildman–Crippen MR) is 99.2 cm³/mol. The minimum Gasteiger partial charge on any atom is -0.314 e. The summed E-state index contributed by atoms with van der Waals surface area (Å²) in [6, 6.07) is 8.85. The Morgan fingerprint density at radius 1 is 0.846 bits per heavy atom. The second-order valence-electron chi connectivity index (χ2n) is 6.10. The Balaban J connectivity index is 2.10. The zero-order valence-corrected chi connectivity index (χ0v) is 15.9. The van der Waals surface area contributed by atoms with E-state index in [0.29, 0.717) is 28.7 Å². The summed E-state index contributed by atoms with van der Waals surface area (Å²) in [5, 5.41) is 3.71. The van der Waals surface area contributed by atoms with Crippen LogP contribution in [-0.4, -0.2) is 31.1 Å². The molecule has 1 N–H and O–H groups in total. The van der Waals surface area contributed by atoms with E-state index < -0.39 is 11.7 Å². The van der Waals surface area contributed by atoms with Crippen molar-refractivity contribution < 1.29 is 13.2 Å². The number of nitrogens with zero attached hydrogens (tertiary/aromatic N) is 1. The third-order valence-electron chi connectivity index (χ3n) is 4.39. The molecule has 1 atom stereocenters. The van der Waals surface area contributed by atoms with Gasteiger partial charge in [0.25, 0.3) is 0 Å². The molecule has 0 bridgehead atoms. The SMILES string of the molecule is FC(F)(F)c1cc(C(c2ccc(Cl)c(Cl)c2)N2CCNCC2)ccc1Cl. The van der Waals surface area contributed by atoms with E-state index in [9.17, 15) is 13.2 Å². The van der Waals surface area contributed by atoms with Gasteiger partial charge in [0.05, 0.1) is 26.7 Å². The average molecular weight is 424 g/mol. The molecule has 0 spiro atoms. The number of nitrogens with one attached hydrogen (secondary N) is 1. The van der Waals surface area contributed by atoms with Crippen LogP contribution in [0.3, 0.4) is 0 Å². The van der Waals surface area contributed by atoms with Gasteiger partial charge in [0.1, 0.15) is 0 Å². The van der Waals surface area contributed by atoms with E-state index in [1.165, 1.54) is 6.07 Å². The number of benzene rings is 2. The first-order chi connectivity index (χ1) is 12.3. The molecular weight excluding hydrogens is 408 g/mol. The van der Waals surface area contributed by atoms with Gasteiger partial charge in [0.2, 0.25) is 0 Å². The van der Waals surface area contributed by atoms with E-state index in [4.69, 9.17) is 34.8 Å². The van der Waals surface area contributed by atoms with Crippen molar-refractivity contribution >= 4 is 34.8 Å². The highest BCUT2D eigenvalue weighted by Gasteiger charge is 2.35. The monoisotopic (exact) mass is 422 g/mol. The van der Waals surface area contributed by atoms with Crippen LogP contribution in [0.15, 0.2) is 36.4 Å². The molecule has 1 aliphatic rings. The molecule has 140 valence electrons. The van der Waals surface area contributed by atoms with Crippen LogP contribution in [0.5, 0.6) is 0 Å². The number of halogens is 6. The highest BCUT2D eigenvalue weighted by Crippen LogP contribution is 2.39. The molecule has 0 amide bonds. The van der Waals surface area contributed by atoms with E-state index in [2.05, 4.69) is 10.2 Å². The number of piperazine rings is 1. The molecule has 2 aromatic rings. The van der Waals surface area contributed by atoms with Crippen LogP contribution in [0.25, 0.3) is 0 Å². The third-order valence-corrected chi connectivity index (χ3v) is 5.46. The zero-order chi connectivity index (χ0) is 18.9. The molecule has 8 heteroatoms. The van der Waals surface area contributed by atoms with E-state index in [1.54, 1.807) is 24.3 Å². The summed E-state index contributed by atoms with van der Waals surface area (Å²) in [4.78, 5) is 2.12. The van der Waals surface area contributed by atoms with Crippen LogP contribution >= 0.6 is 34.8 Å². The van der Waals surface area contributed by atoms with Gasteiger partial charge in [-0.2, -0.15) is 13.2 Å². The Morgan fingerprint density at radius 3 is 2.00 bits per heavy atom. The fourth-order valence-electron chi connectivity index (χ4n) is 3.17. The average Bonchev–Trinajstić information content (AvgIpc) is 2.59. The summed E-state index contributed by atoms with van der Waals surface area (Å²) < 4.78 is 39.9. The molecule has 1 heterocycles. The van der Waals surface area contributed by atoms with Crippen molar-refractivity contribution in [3.05, 3.63) is 68.2 Å². The molecule has 0 saturated carbocycles. The smallest absolute Gasteiger partial charge is 0.314 e. The van der Waals surface area contributed by atoms with Crippen molar-refractivity contribution in [2.45, 2.75) is 12.2 Å². The molecule has 1 saturated heterocycles. The molecule has 0 aliphatic carbocycles. The standard InChI is InChI=1S/C18H16Cl3F3N2/c19-14-3-1-11(9-13(14)18(22,23)24)17(26-7-5-25-6-8-26)12-2-4-15(20)16(21)10-12/h1-4,9-10,17,25H,5-8H2. The van der Waals surface area contributed by atoms with Gasteiger partial charge in [-0.1, -0.05) is 46.9 Å². The van der Waals surface area contributed by atoms with Crippen LogP contribution in [0.1, 0.15) is 22.7 Å². The topological polar surface area (TPSA) is 15.3 Å². The van der Waals surface area contributed by atoms with E-state index in [0.717, 1.165) is 24.7 Å². The maximum atomic E-state index is 13.3. The summed E-state index contributed by atoms with van der Waals surface area (Å²) in [5.41, 5.74) is 0.468. The summed E-state index contributed by atoms with van der Waals surface area (Å²) in [6.07, 6.45) is -4.52. The summed E-state index contributed by atoms with van der Waals surface area (Å²) >= 11 is 17.9. The third kappa shape index (κ3) is 4.29. The molecule has 2 aromatic carbocycles. The van der Waals surface area contributed by atoms with Crippen molar-refractivity contribution in [2.75, 3.05) is 26.2 Å². The van der Waals surface area contributed by atoms with Crippen molar-refractivity contribution in [2.24, 2.45) is 0 Å². The molecule has 0 aromatic heterocycles. The van der Waals surface area contributed by atoms with E-state index in [-0.39, 0.29) is 11.1 Å². The Morgan fingerprint density at radius 2 is 1.42 bits per heavy atom. The van der Waals surface area contributed by atoms with Crippen molar-refractivity contribution in [3.8, 4) is 0 Å². The summed E-state index contributed by atoms with van der Waals surface area (Å²) in [7, 11) is 0. The normalized spacial score (nSPS) is 17.3. The highest BCUT2D eigenvalue weighted by atomic mass is 35.5. The van der Waals surface area contributed by atoms with Crippen LogP contribution in [-0.2, 0) is 6.18 Å². The van der Waals surface area contributed by atoms with Crippen molar-refractivity contribution in [3.63, 3.8) is 0 Å². The molecular formula is C18H16Cl3F3N2. The van der Waals surface area contributed by atoms with Gasteiger partial charge in [-0.05, 0) is 35.4 Å². The molecule has 3 rings (SSSR count). The highest BCUT2D eigenvalue weighted by molar-refractivity contribution is 6.42. The number of alkyl halides is 3. The van der Waals surface area contributed by atoms with E-state index in [1.807, 2.05) is 0 Å². The molecule has 1 fully saturated rings. The van der Waals surface area contributed by atoms with Crippen LogP contribution in [0.2, 0.25) is 15.1 Å². The predicted octanol–water partition coefficient (Wildman–Crippen LogP) is 5.66. The van der Waals surface area contributed by atoms with Crippen LogP contribution < -0.4 is 5.32 Å². The summed E-state index contributed by atoms with van der Waals surface area (Å²) in [5.74, 6) is 0. The fourth-order valence-corrected chi connectivity index (χ4v) is 3.70. The lowest BCUT2D eigenvalue weighted by Gasteiger charge is -2.36. The van der Waals surface area contributed by atoms with Gasteiger partial charge in [-0.25, -0.2) is 0 Å². The lowest BCUT2D eigenvalue weighted by molar-refractivity contribution is -0.137. The number of hydrogen-bond acceptors (Lipinski definition) is 2. The Bertz CT molecular complexity index is 790. The first kappa shape index (κ1) is 19.8. The van der Waals surface area contributed by atoms with Gasteiger partial charge in [0.15, 0.2) is 0 Å². The molecule has 26 heavy (non-hydrogen) atoms. The van der Waals surface area contributed by atoms with Gasteiger partial charge in [0, 0.05) is 26.2 Å². The largest absolute Gasteiger partial charge is 0.417 e. The van der Waals surface area contributed by atoms with Gasteiger partial charge >= 0.3 is 6.18 Å². The fraction of sp³-hybridized carbons (Fsp3) is 0.333. The molecule has 1 unspecified atom stereocenters. The lowest BCUT2D eigenvalue weighted by atomic mass is 9.95. The second kappa shape index (κ2) is 7.95. The van der Waals surface area contributed by atoms with Gasteiger partial charge in [-0.15, -0.1) is 0 Å². The summed E-state index contributed by atoms with van der Waals surface area (Å²) in [6.45, 7) is 2.93. The molecule has 0 radical (unpaired) electrons. The van der Waals surface area contributed by atoms with Crippen LogP contribution in [0, 0.1) is 0 Å². The zero-order valence-electron chi connectivity index (χ0n) is 13.6. The molecule has 2 nitrogen and oxygen atoms in total. The van der Waals surface area contributed by atoms with Gasteiger partial charge < -0.3 is 5.32 Å². The Hall–Kier alpha value is -0.980. The second-order valence-corrected chi connectivity index (χ2v) is 7.32. The number of rotatable bonds is 3. The number of hydrogen-bond donors (Lipinski definition) is 1. The maximum absolute atomic E-state index is 13.3. The van der Waals surface area contributed by atoms with Crippen molar-refractivity contribution in [1.29, 1.82) is 0 Å². The first-order valence-electron chi connectivity index (χ1n) is 8.04. The lowest BCUT2D eigenvalue weighted by Crippen LogP contribution is -2.45.